The van der Waals surface area contributed by atoms with Crippen LogP contribution in [-0.4, -0.2) is 52.5 Å². The molecule has 1 aliphatic rings. The van der Waals surface area contributed by atoms with Crippen molar-refractivity contribution in [2.75, 3.05) is 30.4 Å². The number of fused-ring (bicyclic) bond motifs is 2. The van der Waals surface area contributed by atoms with E-state index in [9.17, 15) is 9.18 Å². The zero-order valence-corrected chi connectivity index (χ0v) is 21.3. The molecule has 5 rings (SSSR count). The Hall–Kier alpha value is -3.24. The van der Waals surface area contributed by atoms with E-state index in [1.807, 2.05) is 6.07 Å². The first-order chi connectivity index (χ1) is 16.6. The molecular weight excluding hydrogens is 467 g/mol. The molecule has 2 N–H and O–H groups in total. The number of methoxy groups -OCH3 is 1. The molecule has 184 valence electrons. The van der Waals surface area contributed by atoms with Gasteiger partial charge in [-0.25, -0.2) is 9.37 Å². The number of aryl methyl sites for hydroxylation is 1. The number of ether oxygens (including phenoxy) is 1. The lowest BCUT2D eigenvalue weighted by molar-refractivity contribution is 0.102. The number of anilines is 2. The molecule has 2 aromatic heterocycles. The second kappa shape index (κ2) is 8.76. The normalized spacial score (nSPS) is 16.4. The lowest BCUT2D eigenvalue weighted by Crippen LogP contribution is -2.44. The second-order valence-electron chi connectivity index (χ2n) is 9.97. The minimum Gasteiger partial charge on any atom is -0.473 e. The van der Waals surface area contributed by atoms with Crippen LogP contribution in [0.5, 0.6) is 5.19 Å². The molecule has 0 aliphatic carbocycles. The first kappa shape index (κ1) is 23.5. The number of amides is 1. The number of benzene rings is 2. The minimum absolute atomic E-state index is 0.0456. The number of thiazole rings is 1. The Bertz CT molecular complexity index is 1420. The number of carbonyl (C=O) groups is 1. The van der Waals surface area contributed by atoms with Gasteiger partial charge >= 0.3 is 0 Å². The topological polar surface area (TPSA) is 84.3 Å². The number of rotatable bonds is 5. The van der Waals surface area contributed by atoms with Crippen molar-refractivity contribution in [3.8, 4) is 5.19 Å². The molecule has 1 fully saturated rings. The van der Waals surface area contributed by atoms with Crippen LogP contribution in [0.4, 0.5) is 15.8 Å². The van der Waals surface area contributed by atoms with Gasteiger partial charge < -0.3 is 20.3 Å². The highest BCUT2D eigenvalue weighted by molar-refractivity contribution is 7.21. The number of hydrogen-bond acceptors (Lipinski definition) is 7. The Morgan fingerprint density at radius 2 is 2.06 bits per heavy atom. The number of hydrogen-bond donors (Lipinski definition) is 2. The number of aromatic nitrogens is 3. The van der Waals surface area contributed by atoms with E-state index in [4.69, 9.17) is 4.74 Å². The maximum Gasteiger partial charge on any atom is 0.274 e. The van der Waals surface area contributed by atoms with Gasteiger partial charge in [0.15, 0.2) is 5.82 Å². The van der Waals surface area contributed by atoms with Gasteiger partial charge in [0.05, 0.1) is 23.1 Å². The van der Waals surface area contributed by atoms with Crippen LogP contribution in [0.25, 0.3) is 21.1 Å². The van der Waals surface area contributed by atoms with E-state index >= 15 is 0 Å². The number of halogens is 1. The Labute approximate surface area is 207 Å². The van der Waals surface area contributed by atoms with Crippen LogP contribution in [0.2, 0.25) is 0 Å². The summed E-state index contributed by atoms with van der Waals surface area (Å²) in [6.45, 7) is 8.31. The summed E-state index contributed by atoms with van der Waals surface area (Å²) in [4.78, 5) is 20.2. The van der Waals surface area contributed by atoms with Gasteiger partial charge in [0.2, 0.25) is 0 Å². The Kier molecular flexibility index (Phi) is 5.88. The van der Waals surface area contributed by atoms with Crippen LogP contribution in [0, 0.1) is 5.82 Å². The molecule has 35 heavy (non-hydrogen) atoms. The van der Waals surface area contributed by atoms with Gasteiger partial charge in [0, 0.05) is 49.0 Å². The quantitative estimate of drug-likeness (QED) is 0.422. The summed E-state index contributed by atoms with van der Waals surface area (Å²) in [7, 11) is 3.30. The van der Waals surface area contributed by atoms with Crippen LogP contribution in [0.3, 0.4) is 0 Å². The summed E-state index contributed by atoms with van der Waals surface area (Å²) in [5, 5.41) is 11.7. The van der Waals surface area contributed by atoms with Crippen molar-refractivity contribution in [1.82, 2.24) is 20.1 Å². The SMILES string of the molecule is COc1nc2c(C(=O)Nc3cc(F)c4nn(C)cc4c3)ccc(N3CC[C@@H](NC(C)(C)C)C3)c2s1. The molecule has 0 spiro atoms. The van der Waals surface area contributed by atoms with E-state index in [0.29, 0.717) is 33.4 Å². The fraction of sp³-hybridized carbons (Fsp3) is 0.400. The van der Waals surface area contributed by atoms with Gasteiger partial charge in [0.1, 0.15) is 11.0 Å². The van der Waals surface area contributed by atoms with Crippen LogP contribution < -0.4 is 20.3 Å². The predicted octanol–water partition coefficient (Wildman–Crippen LogP) is 4.55. The molecule has 3 heterocycles. The molecule has 0 bridgehead atoms. The van der Waals surface area contributed by atoms with E-state index in [1.54, 1.807) is 37.2 Å². The lowest BCUT2D eigenvalue weighted by atomic mass is 10.1. The lowest BCUT2D eigenvalue weighted by Gasteiger charge is -2.26. The Balaban J connectivity index is 1.45. The monoisotopic (exact) mass is 496 g/mol. The summed E-state index contributed by atoms with van der Waals surface area (Å²) in [5.41, 5.74) is 2.72. The van der Waals surface area contributed by atoms with Crippen molar-refractivity contribution in [3.63, 3.8) is 0 Å². The fourth-order valence-electron chi connectivity index (χ4n) is 4.69. The Morgan fingerprint density at radius 3 is 2.80 bits per heavy atom. The first-order valence-corrected chi connectivity index (χ1v) is 12.4. The van der Waals surface area contributed by atoms with Gasteiger partial charge in [-0.2, -0.15) is 5.10 Å². The molecule has 1 aliphatic heterocycles. The maximum absolute atomic E-state index is 14.5. The third kappa shape index (κ3) is 4.68. The summed E-state index contributed by atoms with van der Waals surface area (Å²) >= 11 is 1.42. The van der Waals surface area contributed by atoms with E-state index < -0.39 is 5.82 Å². The van der Waals surface area contributed by atoms with Crippen LogP contribution in [0.15, 0.2) is 30.5 Å². The molecule has 10 heteroatoms. The third-order valence-electron chi connectivity index (χ3n) is 6.02. The van der Waals surface area contributed by atoms with Gasteiger partial charge in [0.25, 0.3) is 11.1 Å². The fourth-order valence-corrected chi connectivity index (χ4v) is 5.63. The number of nitrogens with zero attached hydrogens (tertiary/aromatic N) is 4. The Morgan fingerprint density at radius 1 is 1.26 bits per heavy atom. The van der Waals surface area contributed by atoms with Crippen LogP contribution >= 0.6 is 11.3 Å². The molecule has 1 saturated heterocycles. The van der Waals surface area contributed by atoms with Crippen molar-refractivity contribution < 1.29 is 13.9 Å². The average molecular weight is 497 g/mol. The molecule has 2 aromatic carbocycles. The van der Waals surface area contributed by atoms with Crippen molar-refractivity contribution in [2.45, 2.75) is 38.8 Å². The third-order valence-corrected chi connectivity index (χ3v) is 7.06. The standard InChI is InChI=1S/C25H29FN6O2S/c1-25(2,3)29-15-8-9-32(13-15)19-7-6-17(21-22(19)35-24(28-21)34-5)23(33)27-16-10-14-12-31(4)30-20(14)18(26)11-16/h6-7,10-12,15,29H,8-9,13H2,1-5H3,(H,27,33)/t15-/m1/s1. The maximum atomic E-state index is 14.5. The summed E-state index contributed by atoms with van der Waals surface area (Å²) in [6, 6.07) is 7.14. The number of nitrogens with one attached hydrogen (secondary N) is 2. The molecule has 0 unspecified atom stereocenters. The molecular formula is C25H29FN6O2S. The second-order valence-corrected chi connectivity index (χ2v) is 10.9. The molecule has 1 amide bonds. The van der Waals surface area contributed by atoms with Crippen LogP contribution in [-0.2, 0) is 7.05 Å². The first-order valence-electron chi connectivity index (χ1n) is 11.6. The van der Waals surface area contributed by atoms with Crippen molar-refractivity contribution in [1.29, 1.82) is 0 Å². The largest absolute Gasteiger partial charge is 0.473 e. The van der Waals surface area contributed by atoms with E-state index in [-0.39, 0.29) is 17.0 Å². The van der Waals surface area contributed by atoms with Crippen molar-refractivity contribution in [3.05, 3.63) is 41.8 Å². The minimum atomic E-state index is -0.485. The van der Waals surface area contributed by atoms with Crippen LogP contribution in [0.1, 0.15) is 37.6 Å². The number of carbonyl (C=O) groups excluding carboxylic acids is 1. The predicted molar refractivity (Wildman–Crippen MR) is 138 cm³/mol. The van der Waals surface area contributed by atoms with Gasteiger partial charge in [-0.05, 0) is 51.5 Å². The molecule has 8 nitrogen and oxygen atoms in total. The average Bonchev–Trinajstić information content (AvgIpc) is 3.49. The summed E-state index contributed by atoms with van der Waals surface area (Å²) < 4.78 is 22.4. The molecule has 4 aromatic rings. The zero-order chi connectivity index (χ0) is 24.9. The van der Waals surface area contributed by atoms with Gasteiger partial charge in [-0.15, -0.1) is 0 Å². The molecule has 1 atom stereocenters. The zero-order valence-electron chi connectivity index (χ0n) is 20.5. The molecule has 0 saturated carbocycles. The molecule has 0 radical (unpaired) electrons. The van der Waals surface area contributed by atoms with E-state index in [0.717, 1.165) is 29.9 Å². The van der Waals surface area contributed by atoms with Crippen molar-refractivity contribution in [2.24, 2.45) is 7.05 Å². The summed E-state index contributed by atoms with van der Waals surface area (Å²) in [6.07, 6.45) is 2.75. The highest BCUT2D eigenvalue weighted by atomic mass is 32.1. The van der Waals surface area contributed by atoms with Crippen molar-refractivity contribution >= 4 is 49.7 Å². The van der Waals surface area contributed by atoms with E-state index in [2.05, 4.69) is 46.4 Å². The van der Waals surface area contributed by atoms with E-state index in [1.165, 1.54) is 17.4 Å². The highest BCUT2D eigenvalue weighted by Crippen LogP contribution is 2.39. The summed E-state index contributed by atoms with van der Waals surface area (Å²) in [5.74, 6) is -0.840. The smallest absolute Gasteiger partial charge is 0.274 e. The van der Waals surface area contributed by atoms with Gasteiger partial charge in [-0.3, -0.25) is 9.48 Å². The van der Waals surface area contributed by atoms with Gasteiger partial charge in [-0.1, -0.05) is 11.3 Å². The highest BCUT2D eigenvalue weighted by Gasteiger charge is 2.28.